The second kappa shape index (κ2) is 10.3. The fraction of sp³-hybridized carbons (Fsp3) is 0.200. The van der Waals surface area contributed by atoms with Crippen LogP contribution in [0.5, 0.6) is 0 Å². The second-order valence-electron chi connectivity index (χ2n) is 5.47. The van der Waals surface area contributed by atoms with Crippen LogP contribution in [0.4, 0.5) is 4.79 Å². The highest BCUT2D eigenvalue weighted by atomic mass is 35.5. The molecule has 0 fully saturated rings. The maximum absolute atomic E-state index is 12.3. The minimum absolute atomic E-state index is 0.0317. The predicted octanol–water partition coefficient (Wildman–Crippen LogP) is 4.08. The van der Waals surface area contributed by atoms with Crippen LogP contribution < -0.4 is 5.32 Å². The maximum Gasteiger partial charge on any atom is 0.407 e. The zero-order valence-corrected chi connectivity index (χ0v) is 14.9. The zero-order valence-electron chi connectivity index (χ0n) is 14.2. The van der Waals surface area contributed by atoms with Crippen molar-refractivity contribution in [2.45, 2.75) is 12.5 Å². The molecule has 5 nitrogen and oxygen atoms in total. The first-order valence-electron chi connectivity index (χ1n) is 8.07. The van der Waals surface area contributed by atoms with Crippen LogP contribution in [-0.2, 0) is 20.9 Å². The van der Waals surface area contributed by atoms with E-state index in [1.807, 2.05) is 30.3 Å². The predicted molar refractivity (Wildman–Crippen MR) is 100.0 cm³/mol. The number of alkyl carbamates (subject to hydrolysis) is 1. The molecule has 1 N–H and O–H groups in total. The smallest absolute Gasteiger partial charge is 0.407 e. The molecule has 2 aromatic rings. The molecule has 26 heavy (non-hydrogen) atoms. The number of amides is 1. The van der Waals surface area contributed by atoms with Gasteiger partial charge in [-0.1, -0.05) is 66.7 Å². The molecule has 1 atom stereocenters. The minimum Gasteiger partial charge on any atom is -0.461 e. The molecule has 0 radical (unpaired) electrons. The fourth-order valence-electron chi connectivity index (χ4n) is 2.26. The molecule has 1 amide bonds. The molecule has 0 aliphatic carbocycles. The highest BCUT2D eigenvalue weighted by Gasteiger charge is 2.23. The van der Waals surface area contributed by atoms with Crippen LogP contribution in [0, 0.1) is 0 Å². The molecule has 0 heterocycles. The average molecular weight is 374 g/mol. The quantitative estimate of drug-likeness (QED) is 0.559. The van der Waals surface area contributed by atoms with Gasteiger partial charge in [-0.3, -0.25) is 4.79 Å². The molecule has 0 unspecified atom stereocenters. The maximum atomic E-state index is 12.3. The molecule has 136 valence electrons. The third-order valence-electron chi connectivity index (χ3n) is 3.54. The Morgan fingerprint density at radius 3 is 2.58 bits per heavy atom. The first-order valence-corrected chi connectivity index (χ1v) is 8.45. The molecular weight excluding hydrogens is 354 g/mol. The summed E-state index contributed by atoms with van der Waals surface area (Å²) in [4.78, 5) is 24.2. The normalized spacial score (nSPS) is 11.3. The Morgan fingerprint density at radius 1 is 1.12 bits per heavy atom. The summed E-state index contributed by atoms with van der Waals surface area (Å²) in [5.41, 5.74) is 1.52. The van der Waals surface area contributed by atoms with E-state index >= 15 is 0 Å². The lowest BCUT2D eigenvalue weighted by atomic mass is 9.99. The standard InChI is InChI=1S/C20H20ClNO4/c1-2-11-25-19(23)18(16-9-6-10-17(21)12-16)13-22-20(24)26-14-15-7-4-3-5-8-15/h2-10,12,18H,1,11,13-14H2,(H,22,24)/t18-/m0/s1. The molecule has 0 aliphatic rings. The molecule has 0 aliphatic heterocycles. The van der Waals surface area contributed by atoms with Crippen molar-refractivity contribution in [1.29, 1.82) is 0 Å². The largest absolute Gasteiger partial charge is 0.461 e. The second-order valence-corrected chi connectivity index (χ2v) is 5.91. The number of halogens is 1. The van der Waals surface area contributed by atoms with Crippen LogP contribution in [0.25, 0.3) is 0 Å². The number of hydrogen-bond donors (Lipinski definition) is 1. The van der Waals surface area contributed by atoms with E-state index in [2.05, 4.69) is 11.9 Å². The zero-order chi connectivity index (χ0) is 18.8. The first-order chi connectivity index (χ1) is 12.6. The summed E-state index contributed by atoms with van der Waals surface area (Å²) < 4.78 is 10.3. The molecule has 0 bridgehead atoms. The molecule has 2 aromatic carbocycles. The Balaban J connectivity index is 1.96. The van der Waals surface area contributed by atoms with Crippen LogP contribution in [0.3, 0.4) is 0 Å². The summed E-state index contributed by atoms with van der Waals surface area (Å²) in [6.45, 7) is 3.79. The molecule has 6 heteroatoms. The van der Waals surface area contributed by atoms with E-state index in [0.29, 0.717) is 10.6 Å². The molecule has 2 rings (SSSR count). The van der Waals surface area contributed by atoms with E-state index in [-0.39, 0.29) is 19.8 Å². The van der Waals surface area contributed by atoms with Crippen molar-refractivity contribution < 1.29 is 19.1 Å². The van der Waals surface area contributed by atoms with Crippen LogP contribution in [0.15, 0.2) is 67.3 Å². The molecular formula is C20H20ClNO4. The average Bonchev–Trinajstić information content (AvgIpc) is 2.65. The van der Waals surface area contributed by atoms with E-state index in [9.17, 15) is 9.59 Å². The summed E-state index contributed by atoms with van der Waals surface area (Å²) in [5.74, 6) is -1.17. The van der Waals surface area contributed by atoms with Gasteiger partial charge in [0.15, 0.2) is 0 Å². The summed E-state index contributed by atoms with van der Waals surface area (Å²) in [6, 6.07) is 16.2. The van der Waals surface area contributed by atoms with Gasteiger partial charge in [0.25, 0.3) is 0 Å². The van der Waals surface area contributed by atoms with Crippen molar-refractivity contribution in [3.05, 3.63) is 83.4 Å². The van der Waals surface area contributed by atoms with E-state index in [4.69, 9.17) is 21.1 Å². The number of carbonyl (C=O) groups is 2. The Kier molecular flexibility index (Phi) is 7.71. The number of esters is 1. The topological polar surface area (TPSA) is 64.6 Å². The van der Waals surface area contributed by atoms with Crippen LogP contribution in [0.1, 0.15) is 17.0 Å². The summed E-state index contributed by atoms with van der Waals surface area (Å²) >= 11 is 6.00. The number of benzene rings is 2. The Morgan fingerprint density at radius 2 is 1.88 bits per heavy atom. The lowest BCUT2D eigenvalue weighted by molar-refractivity contribution is -0.144. The van der Waals surface area contributed by atoms with Crippen LogP contribution >= 0.6 is 11.6 Å². The lowest BCUT2D eigenvalue weighted by Gasteiger charge is -2.17. The fourth-order valence-corrected chi connectivity index (χ4v) is 2.46. The molecule has 0 spiro atoms. The number of ether oxygens (including phenoxy) is 2. The van der Waals surface area contributed by atoms with Gasteiger partial charge in [0, 0.05) is 11.6 Å². The third-order valence-corrected chi connectivity index (χ3v) is 3.78. The van der Waals surface area contributed by atoms with Gasteiger partial charge in [0.05, 0.1) is 5.92 Å². The Bertz CT molecular complexity index is 748. The molecule has 0 saturated heterocycles. The monoisotopic (exact) mass is 373 g/mol. The van der Waals surface area contributed by atoms with Crippen LogP contribution in [0.2, 0.25) is 5.02 Å². The van der Waals surface area contributed by atoms with Gasteiger partial charge in [-0.15, -0.1) is 0 Å². The van der Waals surface area contributed by atoms with E-state index < -0.39 is 18.0 Å². The summed E-state index contributed by atoms with van der Waals surface area (Å²) in [5, 5.41) is 3.09. The number of hydrogen-bond acceptors (Lipinski definition) is 4. The van der Waals surface area contributed by atoms with Crippen molar-refractivity contribution in [2.24, 2.45) is 0 Å². The first kappa shape index (κ1) is 19.5. The lowest BCUT2D eigenvalue weighted by Crippen LogP contribution is -2.33. The number of nitrogens with one attached hydrogen (secondary N) is 1. The number of rotatable bonds is 8. The van der Waals surface area contributed by atoms with E-state index in [1.165, 1.54) is 6.08 Å². The van der Waals surface area contributed by atoms with Gasteiger partial charge in [0.1, 0.15) is 13.2 Å². The van der Waals surface area contributed by atoms with E-state index in [0.717, 1.165) is 5.56 Å². The summed E-state index contributed by atoms with van der Waals surface area (Å²) in [6.07, 6.45) is 0.867. The van der Waals surface area contributed by atoms with Crippen molar-refractivity contribution in [3.63, 3.8) is 0 Å². The van der Waals surface area contributed by atoms with Gasteiger partial charge in [-0.05, 0) is 23.3 Å². The van der Waals surface area contributed by atoms with Crippen molar-refractivity contribution in [3.8, 4) is 0 Å². The van der Waals surface area contributed by atoms with Crippen molar-refractivity contribution in [1.82, 2.24) is 5.32 Å². The van der Waals surface area contributed by atoms with Gasteiger partial charge < -0.3 is 14.8 Å². The molecule has 0 saturated carbocycles. The third kappa shape index (κ3) is 6.26. The van der Waals surface area contributed by atoms with E-state index in [1.54, 1.807) is 24.3 Å². The van der Waals surface area contributed by atoms with Crippen molar-refractivity contribution in [2.75, 3.05) is 13.2 Å². The van der Waals surface area contributed by atoms with Gasteiger partial charge in [-0.25, -0.2) is 4.79 Å². The SMILES string of the molecule is C=CCOC(=O)[C@@H](CNC(=O)OCc1ccccc1)c1cccc(Cl)c1. The minimum atomic E-state index is -0.696. The number of carbonyl (C=O) groups excluding carboxylic acids is 2. The Hall–Kier alpha value is -2.79. The Labute approximate surface area is 157 Å². The van der Waals surface area contributed by atoms with Crippen molar-refractivity contribution >= 4 is 23.7 Å². The summed E-state index contributed by atoms with van der Waals surface area (Å²) in [7, 11) is 0. The van der Waals surface area contributed by atoms with Gasteiger partial charge >= 0.3 is 12.1 Å². The van der Waals surface area contributed by atoms with Crippen LogP contribution in [-0.4, -0.2) is 25.2 Å². The van der Waals surface area contributed by atoms with Gasteiger partial charge in [0.2, 0.25) is 0 Å². The van der Waals surface area contributed by atoms with Gasteiger partial charge in [-0.2, -0.15) is 0 Å². The highest BCUT2D eigenvalue weighted by Crippen LogP contribution is 2.21. The highest BCUT2D eigenvalue weighted by molar-refractivity contribution is 6.30. The molecule has 0 aromatic heterocycles.